The summed E-state index contributed by atoms with van der Waals surface area (Å²) in [5.74, 6) is 0.700. The van der Waals surface area contributed by atoms with E-state index in [-0.39, 0.29) is 22.3 Å². The molecule has 23 heavy (non-hydrogen) atoms. The van der Waals surface area contributed by atoms with Gasteiger partial charge in [0.15, 0.2) is 0 Å². The molecule has 0 bridgehead atoms. The Labute approximate surface area is 142 Å². The number of hydrogen-bond acceptors (Lipinski definition) is 2. The van der Waals surface area contributed by atoms with Crippen molar-refractivity contribution >= 4 is 0 Å². The SMILES string of the molecule is C=CC(C)C1(C(C)C)C(CCC)=CC(C)(C[N+](=O)[O-])C1(C)CC. The maximum atomic E-state index is 11.4. The van der Waals surface area contributed by atoms with Crippen LogP contribution in [0.25, 0.3) is 0 Å². The summed E-state index contributed by atoms with van der Waals surface area (Å²) in [4.78, 5) is 11.3. The lowest BCUT2D eigenvalue weighted by molar-refractivity contribution is -0.499. The van der Waals surface area contributed by atoms with Gasteiger partial charge in [-0.15, -0.1) is 6.58 Å². The molecule has 0 aromatic carbocycles. The molecule has 0 amide bonds. The van der Waals surface area contributed by atoms with Gasteiger partial charge in [-0.05, 0) is 37.0 Å². The molecule has 1 aliphatic rings. The van der Waals surface area contributed by atoms with E-state index in [0.29, 0.717) is 11.8 Å². The third kappa shape index (κ3) is 2.66. The van der Waals surface area contributed by atoms with Gasteiger partial charge in [0.1, 0.15) is 0 Å². The van der Waals surface area contributed by atoms with Gasteiger partial charge < -0.3 is 0 Å². The van der Waals surface area contributed by atoms with Crippen molar-refractivity contribution in [2.75, 3.05) is 6.54 Å². The summed E-state index contributed by atoms with van der Waals surface area (Å²) in [5, 5.41) is 11.4. The van der Waals surface area contributed by atoms with Gasteiger partial charge >= 0.3 is 0 Å². The smallest absolute Gasteiger partial charge is 0.213 e. The molecule has 0 aromatic heterocycles. The lowest BCUT2D eigenvalue weighted by Gasteiger charge is -2.56. The average molecular weight is 322 g/mol. The number of hydrogen-bond donors (Lipinski definition) is 0. The summed E-state index contributed by atoms with van der Waals surface area (Å²) in [5.41, 5.74) is 0.775. The maximum Gasteiger partial charge on any atom is 0.213 e. The third-order valence-corrected chi connectivity index (χ3v) is 6.86. The standard InChI is InChI=1S/C20H35NO2/c1-9-12-17-13-18(7,14-21(22)23)19(8,11-3)20(17,15(4)5)16(6)10-2/h10,13,15-16H,2,9,11-12,14H2,1,3-8H3. The Balaban J connectivity index is 3.72. The van der Waals surface area contributed by atoms with Crippen LogP contribution in [0.15, 0.2) is 24.3 Å². The summed E-state index contributed by atoms with van der Waals surface area (Å²) in [6, 6.07) is 0. The molecule has 4 unspecified atom stereocenters. The van der Waals surface area contributed by atoms with Crippen LogP contribution < -0.4 is 0 Å². The Morgan fingerprint density at radius 2 is 1.87 bits per heavy atom. The first kappa shape index (κ1) is 19.9. The highest BCUT2D eigenvalue weighted by molar-refractivity contribution is 5.36. The molecule has 0 spiro atoms. The molecule has 0 saturated carbocycles. The summed E-state index contributed by atoms with van der Waals surface area (Å²) in [6.07, 6.45) is 7.33. The predicted molar refractivity (Wildman–Crippen MR) is 98.0 cm³/mol. The molecule has 3 nitrogen and oxygen atoms in total. The molecule has 0 N–H and O–H groups in total. The van der Waals surface area contributed by atoms with Crippen molar-refractivity contribution < 1.29 is 4.92 Å². The number of nitro groups is 1. The highest BCUT2D eigenvalue weighted by Gasteiger charge is 2.66. The van der Waals surface area contributed by atoms with Gasteiger partial charge in [0.2, 0.25) is 6.54 Å². The van der Waals surface area contributed by atoms with Gasteiger partial charge in [-0.1, -0.05) is 65.7 Å². The molecule has 1 rings (SSSR count). The minimum absolute atomic E-state index is 0.00286. The van der Waals surface area contributed by atoms with E-state index in [1.165, 1.54) is 5.57 Å². The zero-order valence-electron chi connectivity index (χ0n) is 16.1. The van der Waals surface area contributed by atoms with Crippen LogP contribution >= 0.6 is 0 Å². The van der Waals surface area contributed by atoms with E-state index in [2.05, 4.69) is 67.2 Å². The highest BCUT2D eigenvalue weighted by atomic mass is 16.6. The molecule has 0 saturated heterocycles. The van der Waals surface area contributed by atoms with Crippen molar-refractivity contribution in [1.29, 1.82) is 0 Å². The molecule has 1 aliphatic carbocycles. The lowest BCUT2D eigenvalue weighted by atomic mass is 9.46. The predicted octanol–water partition coefficient (Wildman–Crippen LogP) is 5.89. The van der Waals surface area contributed by atoms with Gasteiger partial charge in [-0.2, -0.15) is 0 Å². The Hall–Kier alpha value is -1.12. The van der Waals surface area contributed by atoms with E-state index in [1.54, 1.807) is 0 Å². The average Bonchev–Trinajstić information content (AvgIpc) is 2.64. The zero-order chi connectivity index (χ0) is 18.1. The molecule has 0 heterocycles. The fraction of sp³-hybridized carbons (Fsp3) is 0.800. The normalized spacial score (nSPS) is 35.2. The van der Waals surface area contributed by atoms with Crippen LogP contribution in [0.2, 0.25) is 0 Å². The minimum atomic E-state index is -0.419. The number of allylic oxidation sites excluding steroid dienone is 2. The van der Waals surface area contributed by atoms with E-state index < -0.39 is 5.41 Å². The highest BCUT2D eigenvalue weighted by Crippen LogP contribution is 2.70. The first-order chi connectivity index (χ1) is 10.6. The van der Waals surface area contributed by atoms with Crippen LogP contribution in [0.3, 0.4) is 0 Å². The van der Waals surface area contributed by atoms with E-state index >= 15 is 0 Å². The van der Waals surface area contributed by atoms with Crippen LogP contribution in [-0.4, -0.2) is 11.5 Å². The van der Waals surface area contributed by atoms with Crippen molar-refractivity contribution in [3.8, 4) is 0 Å². The summed E-state index contributed by atoms with van der Waals surface area (Å²) in [7, 11) is 0. The van der Waals surface area contributed by atoms with Crippen molar-refractivity contribution in [3.05, 3.63) is 34.4 Å². The van der Waals surface area contributed by atoms with Crippen molar-refractivity contribution in [3.63, 3.8) is 0 Å². The molecular weight excluding hydrogens is 286 g/mol. The largest absolute Gasteiger partial charge is 0.265 e. The van der Waals surface area contributed by atoms with Crippen LogP contribution in [0.4, 0.5) is 0 Å². The van der Waals surface area contributed by atoms with Crippen molar-refractivity contribution in [1.82, 2.24) is 0 Å². The Morgan fingerprint density at radius 3 is 2.22 bits per heavy atom. The van der Waals surface area contributed by atoms with Crippen LogP contribution in [0, 0.1) is 38.2 Å². The maximum absolute atomic E-state index is 11.4. The Bertz CT molecular complexity index is 496. The van der Waals surface area contributed by atoms with Crippen LogP contribution in [-0.2, 0) is 0 Å². The molecule has 3 heteroatoms. The third-order valence-electron chi connectivity index (χ3n) is 6.86. The summed E-state index contributed by atoms with van der Waals surface area (Å²) >= 11 is 0. The molecule has 132 valence electrons. The first-order valence-corrected chi connectivity index (χ1v) is 9.03. The summed E-state index contributed by atoms with van der Waals surface area (Å²) < 4.78 is 0. The molecule has 4 atom stereocenters. The molecule has 0 aromatic rings. The van der Waals surface area contributed by atoms with Gasteiger partial charge in [0.05, 0.1) is 5.41 Å². The molecule has 0 radical (unpaired) electrons. The number of nitrogens with zero attached hydrogens (tertiary/aromatic N) is 1. The van der Waals surface area contributed by atoms with Crippen molar-refractivity contribution in [2.24, 2.45) is 28.1 Å². The van der Waals surface area contributed by atoms with Gasteiger partial charge in [0.25, 0.3) is 0 Å². The van der Waals surface area contributed by atoms with E-state index in [0.717, 1.165) is 19.3 Å². The second-order valence-electron chi connectivity index (χ2n) is 8.06. The molecule has 0 aliphatic heterocycles. The fourth-order valence-corrected chi connectivity index (χ4v) is 5.74. The van der Waals surface area contributed by atoms with E-state index in [1.807, 2.05) is 0 Å². The molecular formula is C20H35NO2. The topological polar surface area (TPSA) is 43.1 Å². The Morgan fingerprint density at radius 1 is 1.30 bits per heavy atom. The van der Waals surface area contributed by atoms with E-state index in [4.69, 9.17) is 0 Å². The monoisotopic (exact) mass is 321 g/mol. The lowest BCUT2D eigenvalue weighted by Crippen LogP contribution is -2.53. The quantitative estimate of drug-likeness (QED) is 0.318. The fourth-order valence-electron chi connectivity index (χ4n) is 5.74. The van der Waals surface area contributed by atoms with Crippen LogP contribution in [0.5, 0.6) is 0 Å². The minimum Gasteiger partial charge on any atom is -0.265 e. The van der Waals surface area contributed by atoms with Gasteiger partial charge in [0, 0.05) is 10.3 Å². The van der Waals surface area contributed by atoms with Gasteiger partial charge in [-0.3, -0.25) is 10.1 Å². The van der Waals surface area contributed by atoms with E-state index in [9.17, 15) is 10.1 Å². The number of rotatable bonds is 8. The second kappa shape index (κ2) is 6.78. The Kier molecular flexibility index (Phi) is 5.88. The molecule has 0 fully saturated rings. The van der Waals surface area contributed by atoms with Crippen molar-refractivity contribution in [2.45, 2.75) is 67.7 Å². The summed E-state index contributed by atoms with van der Waals surface area (Å²) in [6.45, 7) is 19.6. The first-order valence-electron chi connectivity index (χ1n) is 9.03. The van der Waals surface area contributed by atoms with Gasteiger partial charge in [-0.25, -0.2) is 0 Å². The second-order valence-corrected chi connectivity index (χ2v) is 8.06. The zero-order valence-corrected chi connectivity index (χ0v) is 16.1. The van der Waals surface area contributed by atoms with Crippen LogP contribution in [0.1, 0.15) is 67.7 Å².